The molecule has 0 atom stereocenters. The van der Waals surface area contributed by atoms with Gasteiger partial charge in [0.15, 0.2) is 0 Å². The van der Waals surface area contributed by atoms with Gasteiger partial charge < -0.3 is 15.4 Å². The summed E-state index contributed by atoms with van der Waals surface area (Å²) < 4.78 is 5.42. The van der Waals surface area contributed by atoms with Crippen LogP contribution in [0.1, 0.15) is 31.2 Å². The van der Waals surface area contributed by atoms with Crippen LogP contribution in [0.5, 0.6) is 0 Å². The molecule has 6 heteroatoms. The molecular formula is C18H26Cl2N2O2. The first-order chi connectivity index (χ1) is 11.1. The first kappa shape index (κ1) is 19.5. The molecule has 2 aliphatic rings. The fourth-order valence-electron chi connectivity index (χ4n) is 3.61. The predicted molar refractivity (Wildman–Crippen MR) is 99.0 cm³/mol. The van der Waals surface area contributed by atoms with Crippen LogP contribution in [0.15, 0.2) is 24.3 Å². The first-order valence-electron chi connectivity index (χ1n) is 8.34. The van der Waals surface area contributed by atoms with E-state index < -0.39 is 0 Å². The maximum Gasteiger partial charge on any atom is 0.230 e. The van der Waals surface area contributed by atoms with Crippen LogP contribution >= 0.6 is 24.0 Å². The molecule has 0 aromatic heterocycles. The average Bonchev–Trinajstić information content (AvgIpc) is 3.36. The second-order valence-electron chi connectivity index (χ2n) is 6.95. The summed E-state index contributed by atoms with van der Waals surface area (Å²) in [6, 6.07) is 7.68. The lowest BCUT2D eigenvalue weighted by atomic mass is 9.79. The number of rotatable bonds is 6. The van der Waals surface area contributed by atoms with Crippen LogP contribution in [-0.2, 0) is 14.9 Å². The van der Waals surface area contributed by atoms with E-state index in [1.165, 1.54) is 0 Å². The summed E-state index contributed by atoms with van der Waals surface area (Å²) in [4.78, 5) is 12.8. The van der Waals surface area contributed by atoms with Gasteiger partial charge in [0.1, 0.15) is 0 Å². The Morgan fingerprint density at radius 2 is 1.83 bits per heavy atom. The molecule has 1 saturated carbocycles. The molecule has 2 N–H and O–H groups in total. The van der Waals surface area contributed by atoms with E-state index in [0.29, 0.717) is 18.2 Å². The van der Waals surface area contributed by atoms with E-state index in [-0.39, 0.29) is 29.1 Å². The van der Waals surface area contributed by atoms with Crippen LogP contribution in [0.4, 0.5) is 0 Å². The molecule has 1 saturated heterocycles. The number of hydrogen-bond acceptors (Lipinski definition) is 3. The zero-order chi connectivity index (χ0) is 16.3. The van der Waals surface area contributed by atoms with Crippen molar-refractivity contribution < 1.29 is 9.53 Å². The van der Waals surface area contributed by atoms with Gasteiger partial charge in [0, 0.05) is 24.1 Å². The van der Waals surface area contributed by atoms with Crippen molar-refractivity contribution in [3.05, 3.63) is 34.9 Å². The second-order valence-corrected chi connectivity index (χ2v) is 7.39. The maximum absolute atomic E-state index is 12.8. The summed E-state index contributed by atoms with van der Waals surface area (Å²) in [5.41, 5.74) is 0.794. The Morgan fingerprint density at radius 1 is 1.21 bits per heavy atom. The van der Waals surface area contributed by atoms with E-state index in [1.807, 2.05) is 24.3 Å². The molecule has 1 amide bonds. The summed E-state index contributed by atoms with van der Waals surface area (Å²) in [6.45, 7) is 3.36. The van der Waals surface area contributed by atoms with Crippen LogP contribution < -0.4 is 10.6 Å². The van der Waals surface area contributed by atoms with E-state index in [9.17, 15) is 4.79 Å². The van der Waals surface area contributed by atoms with E-state index >= 15 is 0 Å². The third-order valence-electron chi connectivity index (χ3n) is 5.32. The summed E-state index contributed by atoms with van der Waals surface area (Å²) in [7, 11) is 1.74. The fourth-order valence-corrected chi connectivity index (χ4v) is 3.74. The molecule has 1 aromatic carbocycles. The third-order valence-corrected chi connectivity index (χ3v) is 5.57. The first-order valence-corrected chi connectivity index (χ1v) is 8.72. The highest BCUT2D eigenvalue weighted by molar-refractivity contribution is 6.30. The number of carbonyl (C=O) groups is 1. The highest BCUT2D eigenvalue weighted by Crippen LogP contribution is 2.48. The summed E-state index contributed by atoms with van der Waals surface area (Å²) in [5.74, 6) is 0.147. The van der Waals surface area contributed by atoms with Gasteiger partial charge in [0.05, 0.1) is 12.0 Å². The smallest absolute Gasteiger partial charge is 0.230 e. The van der Waals surface area contributed by atoms with Crippen LogP contribution in [0.25, 0.3) is 0 Å². The van der Waals surface area contributed by atoms with Gasteiger partial charge in [-0.25, -0.2) is 0 Å². The van der Waals surface area contributed by atoms with E-state index in [0.717, 1.165) is 44.3 Å². The number of hydrogen-bond donors (Lipinski definition) is 2. The lowest BCUT2D eigenvalue weighted by molar-refractivity contribution is -0.124. The van der Waals surface area contributed by atoms with Crippen molar-refractivity contribution in [3.63, 3.8) is 0 Å². The van der Waals surface area contributed by atoms with Crippen LogP contribution in [0.3, 0.4) is 0 Å². The number of nitrogens with one attached hydrogen (secondary N) is 2. The van der Waals surface area contributed by atoms with Gasteiger partial charge >= 0.3 is 0 Å². The summed E-state index contributed by atoms with van der Waals surface area (Å²) in [5, 5.41) is 7.30. The third kappa shape index (κ3) is 4.05. The molecule has 4 nitrogen and oxygen atoms in total. The Bertz CT molecular complexity index is 547. The van der Waals surface area contributed by atoms with Crippen molar-refractivity contribution in [2.45, 2.75) is 31.1 Å². The highest BCUT2D eigenvalue weighted by Gasteiger charge is 2.51. The largest absolute Gasteiger partial charge is 0.384 e. The molecule has 1 aliphatic carbocycles. The van der Waals surface area contributed by atoms with E-state index in [1.54, 1.807) is 7.11 Å². The molecule has 0 unspecified atom stereocenters. The maximum atomic E-state index is 12.8. The molecule has 134 valence electrons. The number of ether oxygens (including phenoxy) is 1. The SMILES string of the molecule is COCC1(CNC(=O)C2(c3ccc(Cl)cc3)CC2)CCNCC1.Cl. The molecule has 24 heavy (non-hydrogen) atoms. The van der Waals surface area contributed by atoms with Gasteiger partial charge in [-0.05, 0) is 56.5 Å². The van der Waals surface area contributed by atoms with Crippen molar-refractivity contribution in [2.75, 3.05) is 33.4 Å². The lowest BCUT2D eigenvalue weighted by Gasteiger charge is -2.37. The number of piperidine rings is 1. The lowest BCUT2D eigenvalue weighted by Crippen LogP contribution is -2.49. The zero-order valence-electron chi connectivity index (χ0n) is 14.1. The molecule has 0 spiro atoms. The van der Waals surface area contributed by atoms with Crippen LogP contribution in [-0.4, -0.2) is 39.3 Å². The van der Waals surface area contributed by atoms with Crippen molar-refractivity contribution in [3.8, 4) is 0 Å². The number of benzene rings is 1. The molecule has 1 aromatic rings. The normalized spacial score (nSPS) is 20.8. The van der Waals surface area contributed by atoms with Crippen molar-refractivity contribution in [1.82, 2.24) is 10.6 Å². The summed E-state index contributed by atoms with van der Waals surface area (Å²) in [6.07, 6.45) is 3.91. The monoisotopic (exact) mass is 372 g/mol. The summed E-state index contributed by atoms with van der Waals surface area (Å²) >= 11 is 5.96. The zero-order valence-corrected chi connectivity index (χ0v) is 15.6. The van der Waals surface area contributed by atoms with E-state index in [2.05, 4.69) is 10.6 Å². The van der Waals surface area contributed by atoms with Gasteiger partial charge in [-0.3, -0.25) is 4.79 Å². The Hall–Kier alpha value is -0.810. The Kier molecular flexibility index (Phi) is 6.54. The molecule has 0 radical (unpaired) electrons. The van der Waals surface area contributed by atoms with Crippen LogP contribution in [0.2, 0.25) is 5.02 Å². The standard InChI is InChI=1S/C18H25ClN2O2.ClH/c1-23-13-17(8-10-20-11-9-17)12-21-16(22)18(6-7-18)14-2-4-15(19)5-3-14;/h2-5,20H,6-13H2,1H3,(H,21,22);1H. The average molecular weight is 373 g/mol. The molecule has 3 rings (SSSR count). The molecule has 1 aliphatic heterocycles. The van der Waals surface area contributed by atoms with Gasteiger partial charge in [-0.15, -0.1) is 12.4 Å². The number of amides is 1. The van der Waals surface area contributed by atoms with Crippen molar-refractivity contribution in [2.24, 2.45) is 5.41 Å². The number of halogens is 2. The quantitative estimate of drug-likeness (QED) is 0.806. The predicted octanol–water partition coefficient (Wildman–Crippen LogP) is 2.93. The van der Waals surface area contributed by atoms with Crippen molar-refractivity contribution in [1.29, 1.82) is 0 Å². The second kappa shape index (κ2) is 8.05. The van der Waals surface area contributed by atoms with E-state index in [4.69, 9.17) is 16.3 Å². The molecular weight excluding hydrogens is 347 g/mol. The highest BCUT2D eigenvalue weighted by atomic mass is 35.5. The number of carbonyl (C=O) groups excluding carboxylic acids is 1. The minimum Gasteiger partial charge on any atom is -0.384 e. The number of methoxy groups -OCH3 is 1. The molecule has 0 bridgehead atoms. The Morgan fingerprint density at radius 3 is 2.38 bits per heavy atom. The Labute approximate surface area is 155 Å². The minimum absolute atomic E-state index is 0. The van der Waals surface area contributed by atoms with Crippen molar-refractivity contribution >= 4 is 29.9 Å². The minimum atomic E-state index is -0.342. The van der Waals surface area contributed by atoms with Gasteiger partial charge in [-0.2, -0.15) is 0 Å². The molecule has 2 fully saturated rings. The van der Waals surface area contributed by atoms with Gasteiger partial charge in [-0.1, -0.05) is 23.7 Å². The topological polar surface area (TPSA) is 50.4 Å². The Balaban J connectivity index is 0.00000208. The van der Waals surface area contributed by atoms with Gasteiger partial charge in [0.25, 0.3) is 0 Å². The fraction of sp³-hybridized carbons (Fsp3) is 0.611. The van der Waals surface area contributed by atoms with Crippen LogP contribution in [0, 0.1) is 5.41 Å². The molecule has 1 heterocycles. The van der Waals surface area contributed by atoms with Gasteiger partial charge in [0.2, 0.25) is 5.91 Å².